The number of likely N-dealkylation sites (N-methyl/N-ethyl adjacent to an activating group) is 1. The Morgan fingerprint density at radius 3 is 2.76 bits per heavy atom. The summed E-state index contributed by atoms with van der Waals surface area (Å²) in [6.45, 7) is 10.00. The zero-order valence-corrected chi connectivity index (χ0v) is 18.3. The number of aromatic nitrogens is 1. The number of carbonyl (C=O) groups excluding carboxylic acids is 1. The molecule has 0 spiro atoms. The molecule has 1 aromatic heterocycles. The van der Waals surface area contributed by atoms with Crippen LogP contribution in [0.3, 0.4) is 0 Å². The van der Waals surface area contributed by atoms with Gasteiger partial charge in [-0.3, -0.25) is 14.7 Å². The molecule has 1 amide bonds. The minimum absolute atomic E-state index is 0.127. The van der Waals surface area contributed by atoms with E-state index in [2.05, 4.69) is 23.1 Å². The van der Waals surface area contributed by atoms with Gasteiger partial charge in [-0.1, -0.05) is 29.8 Å². The first-order chi connectivity index (χ1) is 14.0. The van der Waals surface area contributed by atoms with Gasteiger partial charge in [-0.05, 0) is 56.5 Å². The minimum atomic E-state index is -0.127. The molecular weight excluding hydrogens is 386 g/mol. The molecule has 1 aliphatic rings. The third kappa shape index (κ3) is 5.78. The highest BCUT2D eigenvalue weighted by Gasteiger charge is 2.26. The van der Waals surface area contributed by atoms with E-state index in [-0.39, 0.29) is 12.0 Å². The number of halogens is 1. The molecule has 0 unspecified atom stereocenters. The second-order valence-electron chi connectivity index (χ2n) is 7.47. The first-order valence-corrected chi connectivity index (χ1v) is 10.7. The lowest BCUT2D eigenvalue weighted by molar-refractivity contribution is -0.134. The third-order valence-corrected chi connectivity index (χ3v) is 5.71. The van der Waals surface area contributed by atoms with Gasteiger partial charge in [0.1, 0.15) is 6.10 Å². The van der Waals surface area contributed by atoms with Crippen LogP contribution in [0.2, 0.25) is 5.02 Å². The number of carbonyl (C=O) groups is 1. The number of benzene rings is 1. The standard InChI is InChI=1S/C23H30ClN3O2/c1-4-27(5-2)23(28)16-26-10-11-29-22(15-26)21-14-18(12-17(3)25-21)13-19-8-6-7-9-20(19)24/h6-9,12,14,22H,4-5,10-11,13,15-16H2,1-3H3/t22-/m0/s1. The Hall–Kier alpha value is -1.95. The predicted molar refractivity (Wildman–Crippen MR) is 116 cm³/mol. The first kappa shape index (κ1) is 21.8. The van der Waals surface area contributed by atoms with Gasteiger partial charge in [-0.2, -0.15) is 0 Å². The summed E-state index contributed by atoms with van der Waals surface area (Å²) in [4.78, 5) is 21.2. The van der Waals surface area contributed by atoms with E-state index in [1.807, 2.05) is 43.9 Å². The molecular formula is C23H30ClN3O2. The zero-order chi connectivity index (χ0) is 20.8. The van der Waals surface area contributed by atoms with Gasteiger partial charge in [0, 0.05) is 36.9 Å². The van der Waals surface area contributed by atoms with E-state index in [0.717, 1.165) is 48.0 Å². The van der Waals surface area contributed by atoms with E-state index in [4.69, 9.17) is 21.3 Å². The lowest BCUT2D eigenvalue weighted by Gasteiger charge is -2.33. The van der Waals surface area contributed by atoms with Crippen molar-refractivity contribution in [3.05, 3.63) is 63.9 Å². The minimum Gasteiger partial charge on any atom is -0.369 e. The molecule has 0 saturated carbocycles. The molecule has 0 N–H and O–H groups in total. The number of amides is 1. The fraction of sp³-hybridized carbons (Fsp3) is 0.478. The number of rotatable bonds is 7. The average Bonchev–Trinajstić information content (AvgIpc) is 2.70. The van der Waals surface area contributed by atoms with Crippen LogP contribution in [0, 0.1) is 6.92 Å². The van der Waals surface area contributed by atoms with Crippen molar-refractivity contribution < 1.29 is 9.53 Å². The number of hydrogen-bond acceptors (Lipinski definition) is 4. The summed E-state index contributed by atoms with van der Waals surface area (Å²) in [6, 6.07) is 12.1. The fourth-order valence-corrected chi connectivity index (χ4v) is 3.99. The second-order valence-corrected chi connectivity index (χ2v) is 7.88. The van der Waals surface area contributed by atoms with Crippen molar-refractivity contribution in [2.75, 3.05) is 39.3 Å². The molecule has 1 aromatic carbocycles. The Morgan fingerprint density at radius 1 is 1.28 bits per heavy atom. The summed E-state index contributed by atoms with van der Waals surface area (Å²) >= 11 is 6.34. The van der Waals surface area contributed by atoms with Crippen molar-refractivity contribution in [1.29, 1.82) is 0 Å². The average molecular weight is 416 g/mol. The number of morpholine rings is 1. The summed E-state index contributed by atoms with van der Waals surface area (Å²) < 4.78 is 6.02. The van der Waals surface area contributed by atoms with Crippen LogP contribution in [-0.4, -0.2) is 60.0 Å². The maximum atomic E-state index is 12.5. The van der Waals surface area contributed by atoms with Crippen LogP contribution in [-0.2, 0) is 16.0 Å². The van der Waals surface area contributed by atoms with E-state index in [1.165, 1.54) is 5.56 Å². The molecule has 1 saturated heterocycles. The molecule has 1 aliphatic heterocycles. The molecule has 0 aliphatic carbocycles. The van der Waals surface area contributed by atoms with E-state index < -0.39 is 0 Å². The van der Waals surface area contributed by atoms with Gasteiger partial charge < -0.3 is 9.64 Å². The summed E-state index contributed by atoms with van der Waals surface area (Å²) in [7, 11) is 0. The quantitative estimate of drug-likeness (QED) is 0.688. The highest BCUT2D eigenvalue weighted by molar-refractivity contribution is 6.31. The van der Waals surface area contributed by atoms with E-state index in [9.17, 15) is 4.79 Å². The maximum Gasteiger partial charge on any atom is 0.236 e. The van der Waals surface area contributed by atoms with Gasteiger partial charge in [0.05, 0.1) is 18.8 Å². The number of nitrogens with zero attached hydrogens (tertiary/aromatic N) is 3. The molecule has 0 bridgehead atoms. The summed E-state index contributed by atoms with van der Waals surface area (Å²) in [5.41, 5.74) is 4.15. The van der Waals surface area contributed by atoms with Gasteiger partial charge >= 0.3 is 0 Å². The van der Waals surface area contributed by atoms with Crippen LogP contribution in [0.4, 0.5) is 0 Å². The predicted octanol–water partition coefficient (Wildman–Crippen LogP) is 3.88. The monoisotopic (exact) mass is 415 g/mol. The number of aryl methyl sites for hydroxylation is 1. The van der Waals surface area contributed by atoms with Gasteiger partial charge in [-0.25, -0.2) is 0 Å². The third-order valence-electron chi connectivity index (χ3n) is 5.34. The normalized spacial score (nSPS) is 17.3. The number of ether oxygens (including phenoxy) is 1. The van der Waals surface area contributed by atoms with Crippen molar-refractivity contribution in [2.45, 2.75) is 33.3 Å². The molecule has 2 aromatic rings. The van der Waals surface area contributed by atoms with E-state index in [0.29, 0.717) is 19.7 Å². The molecule has 1 atom stereocenters. The first-order valence-electron chi connectivity index (χ1n) is 10.3. The summed E-state index contributed by atoms with van der Waals surface area (Å²) in [6.07, 6.45) is 0.630. The fourth-order valence-electron chi connectivity index (χ4n) is 3.79. The van der Waals surface area contributed by atoms with Gasteiger partial charge in [0.15, 0.2) is 0 Å². The Balaban J connectivity index is 1.72. The smallest absolute Gasteiger partial charge is 0.236 e. The molecule has 5 nitrogen and oxygen atoms in total. The number of pyridine rings is 1. The van der Waals surface area contributed by atoms with Crippen molar-refractivity contribution in [1.82, 2.24) is 14.8 Å². The molecule has 3 rings (SSSR count). The van der Waals surface area contributed by atoms with Crippen molar-refractivity contribution in [3.8, 4) is 0 Å². The van der Waals surface area contributed by atoms with Crippen LogP contribution in [0.15, 0.2) is 36.4 Å². The summed E-state index contributed by atoms with van der Waals surface area (Å²) in [5.74, 6) is 0.173. The zero-order valence-electron chi connectivity index (χ0n) is 17.5. The Labute approximate surface area is 178 Å². The van der Waals surface area contributed by atoms with E-state index in [1.54, 1.807) is 0 Å². The number of hydrogen-bond donors (Lipinski definition) is 0. The lowest BCUT2D eigenvalue weighted by atomic mass is 10.0. The Morgan fingerprint density at radius 2 is 2.03 bits per heavy atom. The topological polar surface area (TPSA) is 45.7 Å². The molecule has 1 fully saturated rings. The van der Waals surface area contributed by atoms with Gasteiger partial charge in [0.25, 0.3) is 0 Å². The van der Waals surface area contributed by atoms with Crippen molar-refractivity contribution in [3.63, 3.8) is 0 Å². The molecule has 6 heteroatoms. The molecule has 156 valence electrons. The Kier molecular flexibility index (Phi) is 7.64. The lowest BCUT2D eigenvalue weighted by Crippen LogP contribution is -2.45. The van der Waals surface area contributed by atoms with Crippen LogP contribution < -0.4 is 0 Å². The largest absolute Gasteiger partial charge is 0.369 e. The SMILES string of the molecule is CCN(CC)C(=O)CN1CCO[C@H](c2cc(Cc3ccccc3Cl)cc(C)n2)C1. The maximum absolute atomic E-state index is 12.5. The van der Waals surface area contributed by atoms with Crippen LogP contribution in [0.5, 0.6) is 0 Å². The summed E-state index contributed by atoms with van der Waals surface area (Å²) in [5, 5.41) is 0.776. The molecule has 2 heterocycles. The highest BCUT2D eigenvalue weighted by atomic mass is 35.5. The molecule has 29 heavy (non-hydrogen) atoms. The second kappa shape index (κ2) is 10.2. The highest BCUT2D eigenvalue weighted by Crippen LogP contribution is 2.25. The Bertz CT molecular complexity index is 839. The van der Waals surface area contributed by atoms with Gasteiger partial charge in [-0.15, -0.1) is 0 Å². The van der Waals surface area contributed by atoms with Crippen molar-refractivity contribution in [2.24, 2.45) is 0 Å². The van der Waals surface area contributed by atoms with Gasteiger partial charge in [0.2, 0.25) is 5.91 Å². The van der Waals surface area contributed by atoms with Crippen LogP contribution >= 0.6 is 11.6 Å². The van der Waals surface area contributed by atoms with Crippen LogP contribution in [0.1, 0.15) is 42.5 Å². The van der Waals surface area contributed by atoms with Crippen molar-refractivity contribution >= 4 is 17.5 Å². The molecule has 0 radical (unpaired) electrons. The van der Waals surface area contributed by atoms with E-state index >= 15 is 0 Å². The van der Waals surface area contributed by atoms with Crippen LogP contribution in [0.25, 0.3) is 0 Å².